The van der Waals surface area contributed by atoms with Gasteiger partial charge < -0.3 is 23.7 Å². The average Bonchev–Trinajstić information content (AvgIpc) is 2.89. The molecule has 110 valence electrons. The Morgan fingerprint density at radius 1 is 0.947 bits per heavy atom. The van der Waals surface area contributed by atoms with Gasteiger partial charge in [0.05, 0.1) is 6.61 Å². The summed E-state index contributed by atoms with van der Waals surface area (Å²) in [5.41, 5.74) is 0. The highest BCUT2D eigenvalue weighted by Gasteiger charge is 2.59. The van der Waals surface area contributed by atoms with Crippen molar-refractivity contribution in [2.75, 3.05) is 6.61 Å². The molecule has 0 radical (unpaired) electrons. The molecule has 0 aromatic heterocycles. The largest absolute Gasteiger partial charge is 0.348 e. The van der Waals surface area contributed by atoms with Crippen LogP contribution in [0.2, 0.25) is 0 Å². The highest BCUT2D eigenvalue weighted by Crippen LogP contribution is 2.42. The van der Waals surface area contributed by atoms with Crippen LogP contribution in [0.1, 0.15) is 27.7 Å². The number of fused-ring (bicyclic) bond motifs is 1. The molecule has 7 heteroatoms. The second-order valence-corrected chi connectivity index (χ2v) is 6.04. The zero-order valence-electron chi connectivity index (χ0n) is 11.6. The van der Waals surface area contributed by atoms with Crippen LogP contribution in [0.25, 0.3) is 0 Å². The van der Waals surface area contributed by atoms with E-state index in [9.17, 15) is 0 Å². The third-order valence-corrected chi connectivity index (χ3v) is 3.58. The molecule has 0 aromatic carbocycles. The van der Waals surface area contributed by atoms with Crippen LogP contribution in [0.4, 0.5) is 0 Å². The summed E-state index contributed by atoms with van der Waals surface area (Å²) >= 11 is 0. The molecule has 3 aliphatic heterocycles. The molecular weight excluding hydrogens is 254 g/mol. The Labute approximate surface area is 112 Å². The minimum absolute atomic E-state index is 0.222. The molecule has 19 heavy (non-hydrogen) atoms. The molecule has 3 heterocycles. The average molecular weight is 275 g/mol. The second-order valence-electron chi connectivity index (χ2n) is 6.04. The highest BCUT2D eigenvalue weighted by atomic mass is 16.8. The minimum Gasteiger partial charge on any atom is -0.348 e. The lowest BCUT2D eigenvalue weighted by Gasteiger charge is -2.26. The van der Waals surface area contributed by atoms with Crippen LogP contribution in [0.5, 0.6) is 0 Å². The van der Waals surface area contributed by atoms with Crippen molar-refractivity contribution >= 4 is 0 Å². The third-order valence-electron chi connectivity index (χ3n) is 3.58. The van der Waals surface area contributed by atoms with E-state index in [1.165, 1.54) is 0 Å². The van der Waals surface area contributed by atoms with Crippen molar-refractivity contribution < 1.29 is 28.5 Å². The van der Waals surface area contributed by atoms with Crippen molar-refractivity contribution in [3.8, 4) is 0 Å². The van der Waals surface area contributed by atoms with Gasteiger partial charge in [-0.25, -0.2) is 5.90 Å². The summed E-state index contributed by atoms with van der Waals surface area (Å²) in [7, 11) is 0. The normalized spacial score (nSPS) is 47.5. The molecule has 0 aromatic rings. The van der Waals surface area contributed by atoms with Crippen LogP contribution in [-0.4, -0.2) is 48.9 Å². The smallest absolute Gasteiger partial charge is 0.206 e. The molecule has 5 atom stereocenters. The Kier molecular flexibility index (Phi) is 3.14. The monoisotopic (exact) mass is 275 g/mol. The van der Waals surface area contributed by atoms with Gasteiger partial charge in [-0.15, -0.1) is 0 Å². The van der Waals surface area contributed by atoms with E-state index < -0.39 is 17.9 Å². The summed E-state index contributed by atoms with van der Waals surface area (Å²) in [5.74, 6) is 3.97. The first-order valence-electron chi connectivity index (χ1n) is 6.50. The minimum atomic E-state index is -0.677. The van der Waals surface area contributed by atoms with E-state index in [1.807, 2.05) is 27.7 Å². The number of rotatable bonds is 2. The number of hydrogen-bond acceptors (Lipinski definition) is 7. The van der Waals surface area contributed by atoms with Crippen molar-refractivity contribution in [3.63, 3.8) is 0 Å². The zero-order chi connectivity index (χ0) is 13.8. The fourth-order valence-corrected chi connectivity index (χ4v) is 2.88. The predicted molar refractivity (Wildman–Crippen MR) is 62.7 cm³/mol. The Hall–Kier alpha value is -0.280. The first-order chi connectivity index (χ1) is 8.81. The molecule has 0 amide bonds. The van der Waals surface area contributed by atoms with Gasteiger partial charge >= 0.3 is 0 Å². The Morgan fingerprint density at radius 3 is 2.21 bits per heavy atom. The van der Waals surface area contributed by atoms with Gasteiger partial charge in [-0.05, 0) is 27.7 Å². The van der Waals surface area contributed by atoms with Gasteiger partial charge in [-0.2, -0.15) is 0 Å². The van der Waals surface area contributed by atoms with Gasteiger partial charge in [0.15, 0.2) is 11.6 Å². The van der Waals surface area contributed by atoms with Crippen molar-refractivity contribution in [2.45, 2.75) is 70.0 Å². The number of nitrogens with two attached hydrogens (primary N) is 1. The maximum atomic E-state index is 5.88. The molecule has 0 bridgehead atoms. The number of hydrogen-bond donors (Lipinski definition) is 1. The topological polar surface area (TPSA) is 81.4 Å². The maximum absolute atomic E-state index is 5.88. The first-order valence-corrected chi connectivity index (χ1v) is 6.50. The zero-order valence-corrected chi connectivity index (χ0v) is 11.6. The first kappa shape index (κ1) is 13.7. The van der Waals surface area contributed by atoms with Crippen molar-refractivity contribution in [1.82, 2.24) is 0 Å². The molecule has 7 nitrogen and oxygen atoms in total. The van der Waals surface area contributed by atoms with E-state index in [2.05, 4.69) is 0 Å². The summed E-state index contributed by atoms with van der Waals surface area (Å²) in [6.07, 6.45) is -1.81. The summed E-state index contributed by atoms with van der Waals surface area (Å²) in [4.78, 5) is 4.84. The lowest BCUT2D eigenvalue weighted by molar-refractivity contribution is -0.248. The van der Waals surface area contributed by atoms with Crippen molar-refractivity contribution in [3.05, 3.63) is 0 Å². The third kappa shape index (κ3) is 2.40. The number of ether oxygens (including phenoxy) is 5. The lowest BCUT2D eigenvalue weighted by atomic mass is 10.1. The summed E-state index contributed by atoms with van der Waals surface area (Å²) in [6.45, 7) is 7.89. The van der Waals surface area contributed by atoms with E-state index in [0.717, 1.165) is 0 Å². The van der Waals surface area contributed by atoms with Gasteiger partial charge in [-0.3, -0.25) is 4.84 Å². The van der Waals surface area contributed by atoms with Crippen LogP contribution in [-0.2, 0) is 28.5 Å². The van der Waals surface area contributed by atoms with E-state index in [0.29, 0.717) is 6.61 Å². The molecule has 0 spiro atoms. The Bertz CT molecular complexity index is 360. The molecule has 2 N–H and O–H groups in total. The molecule has 3 saturated heterocycles. The van der Waals surface area contributed by atoms with Gasteiger partial charge in [0.25, 0.3) is 0 Å². The van der Waals surface area contributed by atoms with Gasteiger partial charge in [-0.1, -0.05) is 0 Å². The van der Waals surface area contributed by atoms with E-state index in [4.69, 9.17) is 34.4 Å². The molecule has 0 unspecified atom stereocenters. The van der Waals surface area contributed by atoms with Crippen LogP contribution in [0.15, 0.2) is 0 Å². The second kappa shape index (κ2) is 4.36. The maximum Gasteiger partial charge on any atom is 0.206 e. The fraction of sp³-hybridized carbons (Fsp3) is 1.00. The van der Waals surface area contributed by atoms with Gasteiger partial charge in [0, 0.05) is 0 Å². The molecule has 3 fully saturated rings. The molecule has 3 aliphatic rings. The molecular formula is C12H21NO6. The molecule has 0 saturated carbocycles. The van der Waals surface area contributed by atoms with Crippen LogP contribution in [0, 0.1) is 0 Å². The van der Waals surface area contributed by atoms with Crippen LogP contribution in [0.3, 0.4) is 0 Å². The Morgan fingerprint density at radius 2 is 1.63 bits per heavy atom. The molecule has 3 rings (SSSR count). The van der Waals surface area contributed by atoms with Crippen LogP contribution < -0.4 is 5.90 Å². The van der Waals surface area contributed by atoms with E-state index >= 15 is 0 Å². The SMILES string of the molecule is CC1(C)O[C@@H]2[C@H](O1)[C@@H](ON)O[C@@H]2[C@H]1COC(C)(C)O1. The highest BCUT2D eigenvalue weighted by molar-refractivity contribution is 4.99. The summed E-state index contributed by atoms with van der Waals surface area (Å²) in [6, 6.07) is 0. The quantitative estimate of drug-likeness (QED) is 0.724. The van der Waals surface area contributed by atoms with Crippen molar-refractivity contribution in [2.24, 2.45) is 5.90 Å². The Balaban J connectivity index is 1.76. The summed E-state index contributed by atoms with van der Waals surface area (Å²) < 4.78 is 28.8. The molecule has 0 aliphatic carbocycles. The van der Waals surface area contributed by atoms with E-state index in [1.54, 1.807) is 0 Å². The lowest BCUT2D eigenvalue weighted by Crippen LogP contribution is -2.40. The summed E-state index contributed by atoms with van der Waals surface area (Å²) in [5, 5.41) is 0. The predicted octanol–water partition coefficient (Wildman–Crippen LogP) is 0.273. The fourth-order valence-electron chi connectivity index (χ4n) is 2.88. The van der Waals surface area contributed by atoms with E-state index in [-0.39, 0.29) is 24.4 Å². The van der Waals surface area contributed by atoms with Crippen LogP contribution >= 0.6 is 0 Å². The van der Waals surface area contributed by atoms with Gasteiger partial charge in [0.2, 0.25) is 6.29 Å². The van der Waals surface area contributed by atoms with Gasteiger partial charge in [0.1, 0.15) is 24.4 Å². The standard InChI is InChI=1S/C12H21NO6/c1-11(2)14-5-6(16-11)7-8-9(10(15-7)19-13)18-12(3,4)17-8/h6-10H,5,13H2,1-4H3/t6-,7-,8+,9+,10-/m1/s1. The van der Waals surface area contributed by atoms with Crippen molar-refractivity contribution in [1.29, 1.82) is 0 Å².